The van der Waals surface area contributed by atoms with Crippen LogP contribution in [0.4, 0.5) is 0 Å². The monoisotopic (exact) mass is 487 g/mol. The van der Waals surface area contributed by atoms with Gasteiger partial charge in [0.25, 0.3) is 0 Å². The fraction of sp³-hybridized carbons (Fsp3) is 0.400. The highest BCUT2D eigenvalue weighted by Crippen LogP contribution is 2.32. The van der Waals surface area contributed by atoms with E-state index in [0.29, 0.717) is 38.1 Å². The topological polar surface area (TPSA) is 95.7 Å². The number of carbonyl (C=O) groups is 2. The first-order chi connectivity index (χ1) is 17.3. The second-order valence-corrected chi connectivity index (χ2v) is 10.1. The molecule has 2 unspecified atom stereocenters. The number of nitrogens with one attached hydrogen (secondary N) is 1. The normalized spacial score (nSPS) is 20.4. The lowest BCUT2D eigenvalue weighted by atomic mass is 9.83. The zero-order valence-electron chi connectivity index (χ0n) is 21.2. The molecule has 36 heavy (non-hydrogen) atoms. The van der Waals surface area contributed by atoms with E-state index in [4.69, 9.17) is 5.73 Å². The molecule has 6 heteroatoms. The van der Waals surface area contributed by atoms with Crippen LogP contribution in [0.1, 0.15) is 49.8 Å². The van der Waals surface area contributed by atoms with Crippen molar-refractivity contribution in [2.45, 2.75) is 64.6 Å². The molecule has 6 nitrogen and oxygen atoms in total. The Bertz CT molecular complexity index is 1160. The summed E-state index contributed by atoms with van der Waals surface area (Å²) in [6, 6.07) is 16.9. The van der Waals surface area contributed by atoms with E-state index in [1.807, 2.05) is 56.3 Å². The lowest BCUT2D eigenvalue weighted by Gasteiger charge is -2.38. The second-order valence-electron chi connectivity index (χ2n) is 10.1. The Hall–Kier alpha value is -3.38. The third kappa shape index (κ3) is 6.05. The first-order valence-corrected chi connectivity index (χ1v) is 12.9. The number of aliphatic hydroxyl groups excluding tert-OH is 1. The van der Waals surface area contributed by atoms with Gasteiger partial charge in [0, 0.05) is 25.9 Å². The Morgan fingerprint density at radius 2 is 1.78 bits per heavy atom. The van der Waals surface area contributed by atoms with E-state index in [2.05, 4.69) is 17.4 Å². The van der Waals surface area contributed by atoms with Gasteiger partial charge in [-0.1, -0.05) is 67.1 Å². The molecule has 0 saturated carbocycles. The molecule has 1 heterocycles. The van der Waals surface area contributed by atoms with Crippen LogP contribution >= 0.6 is 0 Å². The standard InChI is InChI=1S/C30H37N3O3/c1-20-15-25(34)16-21(2)26(20)18-27(31)30(36)33-19-24-13-7-6-12-23(24)17-28(33)29(35)32-14-8-11-22-9-4-3-5-10-22/h3-7,9-10,12-13,15,21,27-28,34H,8,11,14,16-19,31H2,1-2H3,(H,32,35)/t21?,27?,28-/m1/s1. The molecule has 0 bridgehead atoms. The van der Waals surface area contributed by atoms with Crippen LogP contribution in [0.3, 0.4) is 0 Å². The summed E-state index contributed by atoms with van der Waals surface area (Å²) >= 11 is 0. The van der Waals surface area contributed by atoms with Crippen LogP contribution in [-0.4, -0.2) is 40.4 Å². The number of benzene rings is 2. The number of nitrogens with two attached hydrogens (primary N) is 1. The third-order valence-electron chi connectivity index (χ3n) is 7.38. The Balaban J connectivity index is 1.45. The molecule has 3 atom stereocenters. The molecule has 2 aliphatic rings. The van der Waals surface area contributed by atoms with Crippen molar-refractivity contribution < 1.29 is 14.7 Å². The maximum atomic E-state index is 13.6. The first kappa shape index (κ1) is 25.7. The number of nitrogens with zero attached hydrogens (tertiary/aromatic N) is 1. The van der Waals surface area contributed by atoms with Crippen LogP contribution < -0.4 is 11.1 Å². The van der Waals surface area contributed by atoms with Gasteiger partial charge in [-0.05, 0) is 60.4 Å². The van der Waals surface area contributed by atoms with Gasteiger partial charge in [0.2, 0.25) is 11.8 Å². The van der Waals surface area contributed by atoms with E-state index in [-0.39, 0.29) is 17.7 Å². The second kappa shape index (κ2) is 11.6. The van der Waals surface area contributed by atoms with Crippen molar-refractivity contribution in [3.63, 3.8) is 0 Å². The van der Waals surface area contributed by atoms with E-state index in [0.717, 1.165) is 35.1 Å². The lowest BCUT2D eigenvalue weighted by Crippen LogP contribution is -2.56. The predicted molar refractivity (Wildman–Crippen MR) is 142 cm³/mol. The summed E-state index contributed by atoms with van der Waals surface area (Å²) in [5.74, 6) is 0.146. The Morgan fingerprint density at radius 1 is 1.08 bits per heavy atom. The van der Waals surface area contributed by atoms with E-state index in [1.54, 1.807) is 11.0 Å². The summed E-state index contributed by atoms with van der Waals surface area (Å²) < 4.78 is 0. The predicted octanol–water partition coefficient (Wildman–Crippen LogP) is 4.20. The average Bonchev–Trinajstić information content (AvgIpc) is 2.87. The van der Waals surface area contributed by atoms with Gasteiger partial charge in [0.1, 0.15) is 6.04 Å². The highest BCUT2D eigenvalue weighted by molar-refractivity contribution is 5.90. The van der Waals surface area contributed by atoms with Gasteiger partial charge in [-0.3, -0.25) is 9.59 Å². The SMILES string of the molecule is CC1=C(CC(N)C(=O)N2Cc3ccccc3C[C@@H]2C(=O)NCCCc2ccccc2)C(C)CC(O)=C1. The minimum Gasteiger partial charge on any atom is -0.512 e. The van der Waals surface area contributed by atoms with Crippen molar-refractivity contribution in [2.75, 3.05) is 6.54 Å². The summed E-state index contributed by atoms with van der Waals surface area (Å²) in [5.41, 5.74) is 11.9. The number of aryl methyl sites for hydroxylation is 1. The van der Waals surface area contributed by atoms with Crippen LogP contribution in [0.5, 0.6) is 0 Å². The zero-order chi connectivity index (χ0) is 25.7. The zero-order valence-corrected chi connectivity index (χ0v) is 21.2. The van der Waals surface area contributed by atoms with Crippen molar-refractivity contribution in [3.05, 3.63) is 94.3 Å². The van der Waals surface area contributed by atoms with Gasteiger partial charge in [-0.15, -0.1) is 0 Å². The van der Waals surface area contributed by atoms with E-state index in [9.17, 15) is 14.7 Å². The van der Waals surface area contributed by atoms with Gasteiger partial charge >= 0.3 is 0 Å². The quantitative estimate of drug-likeness (QED) is 0.486. The molecule has 1 aliphatic heterocycles. The molecular formula is C30H37N3O3. The van der Waals surface area contributed by atoms with E-state index < -0.39 is 12.1 Å². The molecule has 0 spiro atoms. The van der Waals surface area contributed by atoms with Crippen molar-refractivity contribution in [3.8, 4) is 0 Å². The van der Waals surface area contributed by atoms with E-state index in [1.165, 1.54) is 5.56 Å². The minimum absolute atomic E-state index is 0.125. The summed E-state index contributed by atoms with van der Waals surface area (Å²) in [6.07, 6.45) is 4.93. The van der Waals surface area contributed by atoms with Crippen LogP contribution in [0.25, 0.3) is 0 Å². The molecule has 2 aromatic carbocycles. The number of aliphatic hydroxyl groups is 1. The molecular weight excluding hydrogens is 450 g/mol. The lowest BCUT2D eigenvalue weighted by molar-refractivity contribution is -0.142. The van der Waals surface area contributed by atoms with Crippen molar-refractivity contribution >= 4 is 11.8 Å². The number of allylic oxidation sites excluding steroid dienone is 3. The van der Waals surface area contributed by atoms with Crippen LogP contribution in [-0.2, 0) is 29.0 Å². The summed E-state index contributed by atoms with van der Waals surface area (Å²) in [4.78, 5) is 28.6. The van der Waals surface area contributed by atoms with Gasteiger partial charge < -0.3 is 21.1 Å². The maximum absolute atomic E-state index is 13.6. The highest BCUT2D eigenvalue weighted by atomic mass is 16.3. The molecule has 1 aliphatic carbocycles. The Morgan fingerprint density at radius 3 is 2.50 bits per heavy atom. The molecule has 190 valence electrons. The average molecular weight is 488 g/mol. The van der Waals surface area contributed by atoms with Gasteiger partial charge in [0.15, 0.2) is 0 Å². The number of amides is 2. The molecule has 0 saturated heterocycles. The largest absolute Gasteiger partial charge is 0.512 e. The smallest absolute Gasteiger partial charge is 0.243 e. The fourth-order valence-corrected chi connectivity index (χ4v) is 5.38. The molecule has 4 N–H and O–H groups in total. The first-order valence-electron chi connectivity index (χ1n) is 12.9. The van der Waals surface area contributed by atoms with E-state index >= 15 is 0 Å². The molecule has 2 aromatic rings. The number of rotatable bonds is 8. The van der Waals surface area contributed by atoms with Crippen LogP contribution in [0, 0.1) is 5.92 Å². The minimum atomic E-state index is -0.746. The molecule has 2 amide bonds. The van der Waals surface area contributed by atoms with Crippen LogP contribution in [0.2, 0.25) is 0 Å². The maximum Gasteiger partial charge on any atom is 0.243 e. The van der Waals surface area contributed by atoms with Gasteiger partial charge in [0.05, 0.1) is 11.8 Å². The number of hydrogen-bond donors (Lipinski definition) is 3. The molecule has 0 aromatic heterocycles. The van der Waals surface area contributed by atoms with Gasteiger partial charge in [-0.25, -0.2) is 0 Å². The summed E-state index contributed by atoms with van der Waals surface area (Å²) in [6.45, 7) is 4.92. The fourth-order valence-electron chi connectivity index (χ4n) is 5.38. The Labute approximate surface area is 213 Å². The summed E-state index contributed by atoms with van der Waals surface area (Å²) in [7, 11) is 0. The number of fused-ring (bicyclic) bond motifs is 1. The van der Waals surface area contributed by atoms with Crippen molar-refractivity contribution in [2.24, 2.45) is 11.7 Å². The molecule has 0 radical (unpaired) electrons. The summed E-state index contributed by atoms with van der Waals surface area (Å²) in [5, 5.41) is 13.0. The third-order valence-corrected chi connectivity index (χ3v) is 7.38. The number of carbonyl (C=O) groups excluding carboxylic acids is 2. The van der Waals surface area contributed by atoms with Gasteiger partial charge in [-0.2, -0.15) is 0 Å². The van der Waals surface area contributed by atoms with Crippen LogP contribution in [0.15, 0.2) is 77.6 Å². The van der Waals surface area contributed by atoms with Crippen molar-refractivity contribution in [1.82, 2.24) is 10.2 Å². The number of hydrogen-bond acceptors (Lipinski definition) is 4. The highest BCUT2D eigenvalue weighted by Gasteiger charge is 2.37. The van der Waals surface area contributed by atoms with Crippen molar-refractivity contribution in [1.29, 1.82) is 0 Å². The molecule has 4 rings (SSSR count). The Kier molecular flexibility index (Phi) is 8.26. The molecule has 0 fully saturated rings.